The molecule has 0 radical (unpaired) electrons. The summed E-state index contributed by atoms with van der Waals surface area (Å²) in [6.45, 7) is 0. The van der Waals surface area contributed by atoms with E-state index in [1.807, 2.05) is 6.20 Å². The van der Waals surface area contributed by atoms with Crippen molar-refractivity contribution in [1.29, 1.82) is 0 Å². The first kappa shape index (κ1) is 17.1. The normalized spacial score (nSPS) is 18.7. The molecule has 126 valence electrons. The van der Waals surface area contributed by atoms with Crippen LogP contribution in [0, 0.1) is 3.57 Å². The van der Waals surface area contributed by atoms with E-state index in [0.29, 0.717) is 6.04 Å². The fraction of sp³-hybridized carbons (Fsp3) is 0.632. The molecule has 1 saturated carbocycles. The van der Waals surface area contributed by atoms with Crippen LogP contribution in [-0.4, -0.2) is 16.7 Å². The van der Waals surface area contributed by atoms with Gasteiger partial charge >= 0.3 is 0 Å². The summed E-state index contributed by atoms with van der Waals surface area (Å²) in [6.07, 6.45) is 17.9. The number of hydrogen-bond acceptors (Lipinski definition) is 2. The van der Waals surface area contributed by atoms with Crippen molar-refractivity contribution in [3.05, 3.63) is 22.0 Å². The lowest BCUT2D eigenvalue weighted by Crippen LogP contribution is -2.08. The van der Waals surface area contributed by atoms with E-state index < -0.39 is 0 Å². The van der Waals surface area contributed by atoms with E-state index in [1.54, 1.807) is 7.11 Å². The zero-order valence-corrected chi connectivity index (χ0v) is 16.2. The maximum atomic E-state index is 5.48. The molecule has 0 amide bonds. The molecule has 0 saturated heterocycles. The molecule has 1 aliphatic carbocycles. The first-order valence-corrected chi connectivity index (χ1v) is 10.1. The van der Waals surface area contributed by atoms with Crippen LogP contribution in [0.5, 0.6) is 5.88 Å². The average Bonchev–Trinajstić information content (AvgIpc) is 2.88. The SMILES string of the molecule is COc1nccc2c1c(I)cn2C1CCCCCCCCCC1. The van der Waals surface area contributed by atoms with Crippen molar-refractivity contribution in [3.63, 3.8) is 0 Å². The number of pyridine rings is 1. The van der Waals surface area contributed by atoms with E-state index in [1.165, 1.54) is 78.7 Å². The van der Waals surface area contributed by atoms with E-state index in [0.717, 1.165) is 5.88 Å². The Morgan fingerprint density at radius 3 is 2.26 bits per heavy atom. The number of hydrogen-bond donors (Lipinski definition) is 0. The Morgan fingerprint density at radius 2 is 1.65 bits per heavy atom. The molecule has 2 heterocycles. The van der Waals surface area contributed by atoms with E-state index in [-0.39, 0.29) is 0 Å². The Kier molecular flexibility index (Phi) is 6.20. The minimum absolute atomic E-state index is 0.617. The Balaban J connectivity index is 1.90. The van der Waals surface area contributed by atoms with Gasteiger partial charge in [-0.15, -0.1) is 0 Å². The van der Waals surface area contributed by atoms with Gasteiger partial charge in [0.05, 0.1) is 18.0 Å². The van der Waals surface area contributed by atoms with Crippen molar-refractivity contribution in [2.75, 3.05) is 7.11 Å². The van der Waals surface area contributed by atoms with Crippen molar-refractivity contribution < 1.29 is 4.74 Å². The smallest absolute Gasteiger partial charge is 0.223 e. The van der Waals surface area contributed by atoms with Gasteiger partial charge in [-0.2, -0.15) is 0 Å². The second-order valence-corrected chi connectivity index (χ2v) is 7.82. The molecule has 2 aromatic heterocycles. The third kappa shape index (κ3) is 4.01. The monoisotopic (exact) mass is 426 g/mol. The third-order valence-corrected chi connectivity index (χ3v) is 5.89. The Morgan fingerprint density at radius 1 is 1.04 bits per heavy atom. The maximum Gasteiger partial charge on any atom is 0.223 e. The summed E-state index contributed by atoms with van der Waals surface area (Å²) >= 11 is 2.42. The number of fused-ring (bicyclic) bond motifs is 1. The zero-order chi connectivity index (χ0) is 16.1. The number of methoxy groups -OCH3 is 1. The fourth-order valence-corrected chi connectivity index (χ4v) is 4.64. The van der Waals surface area contributed by atoms with Gasteiger partial charge in [0.2, 0.25) is 5.88 Å². The third-order valence-electron chi connectivity index (χ3n) is 5.08. The van der Waals surface area contributed by atoms with Crippen molar-refractivity contribution >= 4 is 33.5 Å². The van der Waals surface area contributed by atoms with Crippen LogP contribution in [0.1, 0.15) is 70.3 Å². The van der Waals surface area contributed by atoms with Gasteiger partial charge in [0.15, 0.2) is 0 Å². The van der Waals surface area contributed by atoms with Crippen molar-refractivity contribution in [1.82, 2.24) is 9.55 Å². The molecule has 0 N–H and O–H groups in total. The van der Waals surface area contributed by atoms with Gasteiger partial charge in [0.25, 0.3) is 0 Å². The van der Waals surface area contributed by atoms with Gasteiger partial charge in [-0.05, 0) is 41.5 Å². The molecule has 0 spiro atoms. The lowest BCUT2D eigenvalue weighted by atomic mass is 10.0. The number of aromatic nitrogens is 2. The minimum Gasteiger partial charge on any atom is -0.480 e. The quantitative estimate of drug-likeness (QED) is 0.542. The Labute approximate surface area is 153 Å². The molecule has 0 bridgehead atoms. The van der Waals surface area contributed by atoms with E-state index in [2.05, 4.69) is 44.4 Å². The maximum absolute atomic E-state index is 5.48. The van der Waals surface area contributed by atoms with Gasteiger partial charge in [0, 0.05) is 22.0 Å². The summed E-state index contributed by atoms with van der Waals surface area (Å²) < 4.78 is 9.22. The molecule has 0 aromatic carbocycles. The number of ether oxygens (including phenoxy) is 1. The second kappa shape index (κ2) is 8.36. The summed E-state index contributed by atoms with van der Waals surface area (Å²) in [5.74, 6) is 0.752. The van der Waals surface area contributed by atoms with Crippen LogP contribution < -0.4 is 4.74 Å². The average molecular weight is 426 g/mol. The van der Waals surface area contributed by atoms with Crippen molar-refractivity contribution in [2.45, 2.75) is 70.3 Å². The predicted molar refractivity (Wildman–Crippen MR) is 104 cm³/mol. The first-order chi connectivity index (χ1) is 11.3. The summed E-state index contributed by atoms with van der Waals surface area (Å²) in [5, 5.41) is 1.17. The second-order valence-electron chi connectivity index (χ2n) is 6.66. The topological polar surface area (TPSA) is 27.1 Å². The molecule has 1 aliphatic rings. The van der Waals surface area contributed by atoms with Crippen LogP contribution in [0.15, 0.2) is 18.5 Å². The molecular weight excluding hydrogens is 399 g/mol. The van der Waals surface area contributed by atoms with Crippen LogP contribution in [0.25, 0.3) is 10.9 Å². The number of rotatable bonds is 2. The van der Waals surface area contributed by atoms with Crippen LogP contribution >= 0.6 is 22.6 Å². The lowest BCUT2D eigenvalue weighted by molar-refractivity contribution is 0.402. The molecular formula is C19H27IN2O. The molecule has 1 fully saturated rings. The summed E-state index contributed by atoms with van der Waals surface area (Å²) in [6, 6.07) is 2.76. The van der Waals surface area contributed by atoms with Gasteiger partial charge in [-0.1, -0.05) is 51.4 Å². The van der Waals surface area contributed by atoms with E-state index >= 15 is 0 Å². The van der Waals surface area contributed by atoms with Crippen molar-refractivity contribution in [3.8, 4) is 5.88 Å². The van der Waals surface area contributed by atoms with Gasteiger partial charge in [-0.3, -0.25) is 0 Å². The summed E-state index contributed by atoms with van der Waals surface area (Å²) in [5.41, 5.74) is 1.28. The minimum atomic E-state index is 0.617. The molecule has 23 heavy (non-hydrogen) atoms. The van der Waals surface area contributed by atoms with E-state index in [9.17, 15) is 0 Å². The molecule has 0 unspecified atom stereocenters. The highest BCUT2D eigenvalue weighted by Crippen LogP contribution is 2.35. The van der Waals surface area contributed by atoms with Gasteiger partial charge in [0.1, 0.15) is 0 Å². The highest BCUT2D eigenvalue weighted by Gasteiger charge is 2.18. The number of nitrogens with zero attached hydrogens (tertiary/aromatic N) is 2. The summed E-state index contributed by atoms with van der Waals surface area (Å²) in [7, 11) is 1.71. The van der Waals surface area contributed by atoms with Gasteiger partial charge in [-0.25, -0.2) is 4.98 Å². The first-order valence-electron chi connectivity index (χ1n) is 9.00. The summed E-state index contributed by atoms with van der Waals surface area (Å²) in [4.78, 5) is 4.38. The van der Waals surface area contributed by atoms with Crippen LogP contribution in [-0.2, 0) is 0 Å². The zero-order valence-electron chi connectivity index (χ0n) is 14.1. The Hall–Kier alpha value is -0.780. The Bertz CT molecular complexity index is 626. The predicted octanol–water partition coefficient (Wildman–Crippen LogP) is 6.11. The number of halogens is 1. The van der Waals surface area contributed by atoms with E-state index in [4.69, 9.17) is 4.74 Å². The largest absolute Gasteiger partial charge is 0.480 e. The molecule has 3 nitrogen and oxygen atoms in total. The molecule has 2 aromatic rings. The fourth-order valence-electron chi connectivity index (χ4n) is 3.83. The van der Waals surface area contributed by atoms with Crippen LogP contribution in [0.2, 0.25) is 0 Å². The highest BCUT2D eigenvalue weighted by molar-refractivity contribution is 14.1. The van der Waals surface area contributed by atoms with Crippen LogP contribution in [0.4, 0.5) is 0 Å². The van der Waals surface area contributed by atoms with Gasteiger partial charge < -0.3 is 9.30 Å². The molecule has 3 rings (SSSR count). The van der Waals surface area contributed by atoms with Crippen LogP contribution in [0.3, 0.4) is 0 Å². The lowest BCUT2D eigenvalue weighted by Gasteiger charge is -2.20. The molecule has 0 aliphatic heterocycles. The standard InChI is InChI=1S/C19H27IN2O/c1-23-19-18-16(20)14-22(17(18)12-13-21-19)15-10-8-6-4-2-3-5-7-9-11-15/h12-15H,2-11H2,1H3. The molecule has 0 atom stereocenters. The van der Waals surface area contributed by atoms with Crippen molar-refractivity contribution in [2.24, 2.45) is 0 Å². The highest BCUT2D eigenvalue weighted by atomic mass is 127. The molecule has 4 heteroatoms.